The fraction of sp³-hybridized carbons (Fsp3) is 0.400. The number of piperazine rings is 2. The number of methoxy groups -OCH3 is 1. The summed E-state index contributed by atoms with van der Waals surface area (Å²) >= 11 is 0. The lowest BCUT2D eigenvalue weighted by Crippen LogP contribution is -2.60. The van der Waals surface area contributed by atoms with Crippen LogP contribution in [0.25, 0.3) is 0 Å². The number of hydrogen-bond acceptors (Lipinski definition) is 6. The van der Waals surface area contributed by atoms with Crippen molar-refractivity contribution in [2.24, 2.45) is 0 Å². The number of para-hydroxylation sites is 1. The van der Waals surface area contributed by atoms with E-state index in [0.29, 0.717) is 18.8 Å². The maximum atomic E-state index is 13.1. The van der Waals surface area contributed by atoms with E-state index in [0.717, 1.165) is 37.6 Å². The Labute approximate surface area is 199 Å². The Bertz CT molecular complexity index is 1010. The first-order valence-corrected chi connectivity index (χ1v) is 11.6. The smallest absolute Gasteiger partial charge is 0.243 e. The van der Waals surface area contributed by atoms with Crippen molar-refractivity contribution >= 4 is 29.1 Å². The predicted molar refractivity (Wildman–Crippen MR) is 130 cm³/mol. The summed E-state index contributed by atoms with van der Waals surface area (Å²) in [6, 6.07) is 16.2. The van der Waals surface area contributed by atoms with Gasteiger partial charge in [0, 0.05) is 56.7 Å². The van der Waals surface area contributed by atoms with Crippen LogP contribution >= 0.6 is 0 Å². The Morgan fingerprint density at radius 1 is 1.03 bits per heavy atom. The van der Waals surface area contributed by atoms with Crippen molar-refractivity contribution in [1.82, 2.24) is 15.1 Å². The fourth-order valence-corrected chi connectivity index (χ4v) is 4.38. The number of nitrogens with zero attached hydrogens (tertiary/aromatic N) is 3. The number of carbonyl (C=O) groups is 3. The summed E-state index contributed by atoms with van der Waals surface area (Å²) in [6.07, 6.45) is -0.0733. The van der Waals surface area contributed by atoms with Gasteiger partial charge in [-0.25, -0.2) is 0 Å². The van der Waals surface area contributed by atoms with Crippen molar-refractivity contribution < 1.29 is 19.1 Å². The van der Waals surface area contributed by atoms with Crippen molar-refractivity contribution in [2.75, 3.05) is 63.1 Å². The third-order valence-corrected chi connectivity index (χ3v) is 6.24. The standard InChI is InChI=1S/C25H31N5O4/c1-34-21-9-5-8-20(16-21)29-14-12-28(13-15-29)18-24(32)30-11-10-26-25(33)22(30)17-23(31)27-19-6-3-2-4-7-19/h2-9,16,22H,10-15,17-18H2,1H3,(H,26,33)(H,27,31). The van der Waals surface area contributed by atoms with Crippen LogP contribution in [0.4, 0.5) is 11.4 Å². The molecule has 180 valence electrons. The molecule has 0 saturated carbocycles. The average molecular weight is 466 g/mol. The molecule has 2 heterocycles. The number of carbonyl (C=O) groups excluding carboxylic acids is 3. The second-order valence-corrected chi connectivity index (χ2v) is 8.48. The zero-order valence-corrected chi connectivity index (χ0v) is 19.4. The molecule has 0 aromatic heterocycles. The number of benzene rings is 2. The van der Waals surface area contributed by atoms with Crippen LogP contribution in [0.2, 0.25) is 0 Å². The van der Waals surface area contributed by atoms with Crippen molar-refractivity contribution in [1.29, 1.82) is 0 Å². The van der Waals surface area contributed by atoms with Crippen LogP contribution in [0.3, 0.4) is 0 Å². The summed E-state index contributed by atoms with van der Waals surface area (Å²) in [6.45, 7) is 4.09. The number of rotatable bonds is 7. The van der Waals surface area contributed by atoms with Crippen LogP contribution in [0.5, 0.6) is 5.75 Å². The molecule has 2 aromatic rings. The highest BCUT2D eigenvalue weighted by atomic mass is 16.5. The predicted octanol–water partition coefficient (Wildman–Crippen LogP) is 1.17. The molecule has 2 aliphatic rings. The van der Waals surface area contributed by atoms with Gasteiger partial charge in [0.25, 0.3) is 0 Å². The molecule has 3 amide bonds. The number of hydrogen-bond donors (Lipinski definition) is 2. The van der Waals surface area contributed by atoms with E-state index in [9.17, 15) is 14.4 Å². The third-order valence-electron chi connectivity index (χ3n) is 6.24. The van der Waals surface area contributed by atoms with Crippen LogP contribution in [-0.2, 0) is 14.4 Å². The van der Waals surface area contributed by atoms with Crippen LogP contribution in [-0.4, -0.2) is 86.5 Å². The summed E-state index contributed by atoms with van der Waals surface area (Å²) in [7, 11) is 1.65. The average Bonchev–Trinajstić information content (AvgIpc) is 2.86. The number of anilines is 2. The van der Waals surface area contributed by atoms with Gasteiger partial charge in [0.1, 0.15) is 11.8 Å². The van der Waals surface area contributed by atoms with Gasteiger partial charge in [-0.1, -0.05) is 24.3 Å². The van der Waals surface area contributed by atoms with E-state index in [2.05, 4.69) is 26.5 Å². The molecule has 34 heavy (non-hydrogen) atoms. The van der Waals surface area contributed by atoms with Gasteiger partial charge in [0.2, 0.25) is 17.7 Å². The van der Waals surface area contributed by atoms with Gasteiger partial charge in [-0.3, -0.25) is 19.3 Å². The SMILES string of the molecule is COc1cccc(N2CCN(CC(=O)N3CCNC(=O)C3CC(=O)Nc3ccccc3)CC2)c1. The molecule has 0 bridgehead atoms. The largest absolute Gasteiger partial charge is 0.497 e. The summed E-state index contributed by atoms with van der Waals surface area (Å²) in [5.74, 6) is 0.117. The third kappa shape index (κ3) is 5.85. The topological polar surface area (TPSA) is 94.2 Å². The number of amides is 3. The molecule has 1 unspecified atom stereocenters. The minimum absolute atomic E-state index is 0.0733. The van der Waals surface area contributed by atoms with E-state index in [1.807, 2.05) is 36.4 Å². The van der Waals surface area contributed by atoms with E-state index in [1.54, 1.807) is 24.1 Å². The van der Waals surface area contributed by atoms with Crippen LogP contribution in [0.1, 0.15) is 6.42 Å². The number of nitrogens with one attached hydrogen (secondary N) is 2. The lowest BCUT2D eigenvalue weighted by atomic mass is 10.1. The highest BCUT2D eigenvalue weighted by molar-refractivity contribution is 5.97. The Balaban J connectivity index is 1.32. The molecule has 0 radical (unpaired) electrons. The quantitative estimate of drug-likeness (QED) is 0.638. The van der Waals surface area contributed by atoms with Crippen molar-refractivity contribution in [3.05, 3.63) is 54.6 Å². The van der Waals surface area contributed by atoms with Crippen molar-refractivity contribution in [3.8, 4) is 5.75 Å². The van der Waals surface area contributed by atoms with Gasteiger partial charge in [-0.05, 0) is 24.3 Å². The second-order valence-electron chi connectivity index (χ2n) is 8.48. The molecular weight excluding hydrogens is 434 g/mol. The lowest BCUT2D eigenvalue weighted by molar-refractivity contribution is -0.145. The molecule has 9 nitrogen and oxygen atoms in total. The summed E-state index contributed by atoms with van der Waals surface area (Å²) in [4.78, 5) is 44.1. The second kappa shape index (κ2) is 11.0. The molecular formula is C25H31N5O4. The molecule has 0 aliphatic carbocycles. The minimum atomic E-state index is -0.803. The Morgan fingerprint density at radius 3 is 2.53 bits per heavy atom. The maximum Gasteiger partial charge on any atom is 0.243 e. The minimum Gasteiger partial charge on any atom is -0.497 e. The summed E-state index contributed by atoms with van der Waals surface area (Å²) in [5, 5.41) is 5.58. The van der Waals surface area contributed by atoms with Gasteiger partial charge in [-0.2, -0.15) is 0 Å². The highest BCUT2D eigenvalue weighted by Crippen LogP contribution is 2.22. The van der Waals surface area contributed by atoms with Gasteiger partial charge < -0.3 is 25.2 Å². The molecule has 2 fully saturated rings. The highest BCUT2D eigenvalue weighted by Gasteiger charge is 2.35. The van der Waals surface area contributed by atoms with E-state index >= 15 is 0 Å². The van der Waals surface area contributed by atoms with Crippen LogP contribution in [0, 0.1) is 0 Å². The molecule has 2 N–H and O–H groups in total. The van der Waals surface area contributed by atoms with Gasteiger partial charge in [-0.15, -0.1) is 0 Å². The van der Waals surface area contributed by atoms with Crippen molar-refractivity contribution in [3.63, 3.8) is 0 Å². The first kappa shape index (κ1) is 23.6. The zero-order chi connectivity index (χ0) is 23.9. The molecule has 0 spiro atoms. The Kier molecular flexibility index (Phi) is 7.64. The molecule has 4 rings (SSSR count). The van der Waals surface area contributed by atoms with Gasteiger partial charge >= 0.3 is 0 Å². The molecule has 2 aromatic carbocycles. The Hall–Kier alpha value is -3.59. The molecule has 2 saturated heterocycles. The normalized spacial score (nSPS) is 18.9. The van der Waals surface area contributed by atoms with Crippen LogP contribution in [0.15, 0.2) is 54.6 Å². The van der Waals surface area contributed by atoms with Gasteiger partial charge in [0.15, 0.2) is 0 Å². The number of ether oxygens (including phenoxy) is 1. The molecule has 1 atom stereocenters. The summed E-state index contributed by atoms with van der Waals surface area (Å²) < 4.78 is 5.32. The van der Waals surface area contributed by atoms with Crippen LogP contribution < -0.4 is 20.3 Å². The van der Waals surface area contributed by atoms with E-state index in [-0.39, 0.29) is 30.7 Å². The molecule has 9 heteroatoms. The first-order valence-electron chi connectivity index (χ1n) is 11.6. The van der Waals surface area contributed by atoms with E-state index in [1.165, 1.54) is 0 Å². The first-order chi connectivity index (χ1) is 16.5. The van der Waals surface area contributed by atoms with E-state index < -0.39 is 6.04 Å². The fourth-order valence-electron chi connectivity index (χ4n) is 4.38. The molecule has 2 aliphatic heterocycles. The Morgan fingerprint density at radius 2 is 1.79 bits per heavy atom. The van der Waals surface area contributed by atoms with Crippen molar-refractivity contribution in [2.45, 2.75) is 12.5 Å². The summed E-state index contributed by atoms with van der Waals surface area (Å²) in [5.41, 5.74) is 1.76. The zero-order valence-electron chi connectivity index (χ0n) is 19.4. The lowest BCUT2D eigenvalue weighted by Gasteiger charge is -2.39. The van der Waals surface area contributed by atoms with E-state index in [4.69, 9.17) is 4.74 Å². The monoisotopic (exact) mass is 465 g/mol. The van der Waals surface area contributed by atoms with Gasteiger partial charge in [0.05, 0.1) is 20.1 Å². The maximum absolute atomic E-state index is 13.1.